The van der Waals surface area contributed by atoms with Crippen LogP contribution >= 0.6 is 0 Å². The van der Waals surface area contributed by atoms with Crippen molar-refractivity contribution in [2.45, 2.75) is 50.6 Å². The van der Waals surface area contributed by atoms with E-state index in [0.29, 0.717) is 43.1 Å². The quantitative estimate of drug-likeness (QED) is 0.472. The lowest BCUT2D eigenvalue weighted by atomic mass is 10.1. The predicted molar refractivity (Wildman–Crippen MR) is 136 cm³/mol. The molecular weight excluding hydrogens is 464 g/mol. The molecule has 1 heterocycles. The highest BCUT2D eigenvalue weighted by molar-refractivity contribution is 7.89. The van der Waals surface area contributed by atoms with Crippen LogP contribution < -0.4 is 14.8 Å². The van der Waals surface area contributed by atoms with Crippen molar-refractivity contribution in [1.82, 2.24) is 9.62 Å². The lowest BCUT2D eigenvalue weighted by Crippen LogP contribution is -2.48. The van der Waals surface area contributed by atoms with Gasteiger partial charge in [0.2, 0.25) is 15.9 Å². The van der Waals surface area contributed by atoms with Crippen LogP contribution in [0.25, 0.3) is 10.8 Å². The normalized spacial score (nSPS) is 16.7. The summed E-state index contributed by atoms with van der Waals surface area (Å²) in [5.41, 5.74) is 0.720. The van der Waals surface area contributed by atoms with Crippen LogP contribution in [0, 0.1) is 0 Å². The number of ether oxygens (including phenoxy) is 2. The van der Waals surface area contributed by atoms with E-state index in [2.05, 4.69) is 5.32 Å². The van der Waals surface area contributed by atoms with E-state index < -0.39 is 16.1 Å². The molecule has 4 rings (SSSR count). The molecule has 0 aliphatic carbocycles. The minimum atomic E-state index is -4.02. The molecule has 0 bridgehead atoms. The highest BCUT2D eigenvalue weighted by atomic mass is 32.2. The molecule has 0 aromatic heterocycles. The van der Waals surface area contributed by atoms with Crippen molar-refractivity contribution in [3.63, 3.8) is 0 Å². The Bertz CT molecular complexity index is 1290. The summed E-state index contributed by atoms with van der Waals surface area (Å²) in [5.74, 6) is 0.899. The van der Waals surface area contributed by atoms with Gasteiger partial charge in [-0.2, -0.15) is 4.31 Å². The first-order valence-corrected chi connectivity index (χ1v) is 13.6. The molecule has 1 amide bonds. The number of carbonyl (C=O) groups excluding carboxylic acids is 1. The maximum absolute atomic E-state index is 14.2. The van der Waals surface area contributed by atoms with Crippen molar-refractivity contribution in [2.75, 3.05) is 19.8 Å². The van der Waals surface area contributed by atoms with Gasteiger partial charge in [0.05, 0.1) is 18.1 Å². The van der Waals surface area contributed by atoms with Crippen molar-refractivity contribution in [1.29, 1.82) is 0 Å². The van der Waals surface area contributed by atoms with E-state index in [1.807, 2.05) is 44.2 Å². The molecule has 0 saturated carbocycles. The second kappa shape index (κ2) is 11.1. The fraction of sp³-hybridized carbons (Fsp3) is 0.370. The first kappa shape index (κ1) is 25.0. The lowest BCUT2D eigenvalue weighted by molar-refractivity contribution is -0.124. The van der Waals surface area contributed by atoms with Gasteiger partial charge in [-0.15, -0.1) is 0 Å². The van der Waals surface area contributed by atoms with Crippen LogP contribution in [0.15, 0.2) is 65.6 Å². The molecule has 3 aromatic rings. The third-order valence-electron chi connectivity index (χ3n) is 6.14. The van der Waals surface area contributed by atoms with Gasteiger partial charge in [-0.3, -0.25) is 4.79 Å². The van der Waals surface area contributed by atoms with Gasteiger partial charge in [-0.1, -0.05) is 42.5 Å². The topological polar surface area (TPSA) is 84.9 Å². The number of hydrogen-bond acceptors (Lipinski definition) is 5. The fourth-order valence-electron chi connectivity index (χ4n) is 4.48. The van der Waals surface area contributed by atoms with E-state index >= 15 is 0 Å². The molecule has 1 unspecified atom stereocenters. The third-order valence-corrected chi connectivity index (χ3v) is 8.05. The van der Waals surface area contributed by atoms with Gasteiger partial charge in [-0.25, -0.2) is 8.42 Å². The zero-order valence-corrected chi connectivity index (χ0v) is 21.0. The Morgan fingerprint density at radius 2 is 1.69 bits per heavy atom. The summed E-state index contributed by atoms with van der Waals surface area (Å²) < 4.78 is 41.1. The molecule has 8 heteroatoms. The Balaban J connectivity index is 1.80. The summed E-state index contributed by atoms with van der Waals surface area (Å²) in [6.07, 6.45) is 2.05. The number of sulfonamides is 1. The Labute approximate surface area is 207 Å². The van der Waals surface area contributed by atoms with Crippen LogP contribution in [0.1, 0.15) is 38.7 Å². The number of amides is 1. The summed E-state index contributed by atoms with van der Waals surface area (Å²) in [4.78, 5) is 13.2. The number of nitrogens with zero attached hydrogens (tertiary/aromatic N) is 1. The molecule has 0 spiro atoms. The van der Waals surface area contributed by atoms with Crippen molar-refractivity contribution in [3.8, 4) is 11.5 Å². The maximum Gasteiger partial charge on any atom is 0.244 e. The first-order valence-electron chi connectivity index (χ1n) is 12.1. The number of carbonyl (C=O) groups is 1. The fourth-order valence-corrected chi connectivity index (χ4v) is 6.30. The van der Waals surface area contributed by atoms with Gasteiger partial charge < -0.3 is 14.8 Å². The molecule has 1 N–H and O–H groups in total. The third kappa shape index (κ3) is 5.44. The van der Waals surface area contributed by atoms with Crippen LogP contribution in [0.5, 0.6) is 11.5 Å². The van der Waals surface area contributed by atoms with E-state index in [1.165, 1.54) is 4.31 Å². The van der Waals surface area contributed by atoms with Gasteiger partial charge in [-0.05, 0) is 62.3 Å². The van der Waals surface area contributed by atoms with Crippen molar-refractivity contribution >= 4 is 26.7 Å². The molecule has 1 fully saturated rings. The first-order chi connectivity index (χ1) is 17.0. The highest BCUT2D eigenvalue weighted by Crippen LogP contribution is 2.33. The molecule has 1 aliphatic rings. The van der Waals surface area contributed by atoms with E-state index in [9.17, 15) is 13.2 Å². The predicted octanol–water partition coefficient (Wildman–Crippen LogP) is 4.50. The van der Waals surface area contributed by atoms with Gasteiger partial charge >= 0.3 is 0 Å². The highest BCUT2D eigenvalue weighted by Gasteiger charge is 2.37. The number of rotatable bonds is 9. The standard InChI is InChI=1S/C27H32N2O5S/c1-3-33-24-16-15-20(18-25(24)34-4-2)19-29(23-13-7-8-17-28-27(23)30)35(31,32)26-14-9-11-21-10-5-6-12-22(21)26/h5-6,9-12,14-16,18,23H,3-4,7-8,13,17,19H2,1-2H3,(H,28,30). The summed E-state index contributed by atoms with van der Waals surface area (Å²) >= 11 is 0. The van der Waals surface area contributed by atoms with Crippen LogP contribution in [0.2, 0.25) is 0 Å². The maximum atomic E-state index is 14.2. The summed E-state index contributed by atoms with van der Waals surface area (Å²) in [6.45, 7) is 5.31. The van der Waals surface area contributed by atoms with Crippen LogP contribution in [-0.4, -0.2) is 44.4 Å². The van der Waals surface area contributed by atoms with Crippen molar-refractivity contribution < 1.29 is 22.7 Å². The average Bonchev–Trinajstić information content (AvgIpc) is 3.07. The second-order valence-corrected chi connectivity index (χ2v) is 10.3. The second-order valence-electron chi connectivity index (χ2n) is 8.48. The van der Waals surface area contributed by atoms with Crippen molar-refractivity contribution in [3.05, 3.63) is 66.2 Å². The number of hydrogen-bond donors (Lipinski definition) is 1. The minimum absolute atomic E-state index is 0.0378. The zero-order chi connectivity index (χ0) is 24.8. The Kier molecular flexibility index (Phi) is 7.93. The molecular formula is C27H32N2O5S. The largest absolute Gasteiger partial charge is 0.490 e. The number of fused-ring (bicyclic) bond motifs is 1. The lowest BCUT2D eigenvalue weighted by Gasteiger charge is -2.30. The molecule has 7 nitrogen and oxygen atoms in total. The zero-order valence-electron chi connectivity index (χ0n) is 20.2. The van der Waals surface area contributed by atoms with Crippen molar-refractivity contribution in [2.24, 2.45) is 0 Å². The molecule has 3 aromatic carbocycles. The molecule has 35 heavy (non-hydrogen) atoms. The van der Waals surface area contributed by atoms with E-state index in [-0.39, 0.29) is 17.3 Å². The van der Waals surface area contributed by atoms with Gasteiger partial charge in [0.1, 0.15) is 6.04 Å². The molecule has 186 valence electrons. The van der Waals surface area contributed by atoms with Gasteiger partial charge in [0.15, 0.2) is 11.5 Å². The summed E-state index contributed by atoms with van der Waals surface area (Å²) in [5, 5.41) is 4.36. The smallest absolute Gasteiger partial charge is 0.244 e. The molecule has 1 saturated heterocycles. The Morgan fingerprint density at radius 3 is 2.49 bits per heavy atom. The number of benzene rings is 3. The minimum Gasteiger partial charge on any atom is -0.490 e. The van der Waals surface area contributed by atoms with Crippen LogP contribution in [0.3, 0.4) is 0 Å². The number of nitrogens with one attached hydrogen (secondary N) is 1. The van der Waals surface area contributed by atoms with Gasteiger partial charge in [0.25, 0.3) is 0 Å². The molecule has 1 aliphatic heterocycles. The Hall–Kier alpha value is -3.10. The average molecular weight is 497 g/mol. The molecule has 1 atom stereocenters. The van der Waals surface area contributed by atoms with Gasteiger partial charge in [0, 0.05) is 18.5 Å². The van der Waals surface area contributed by atoms with E-state index in [0.717, 1.165) is 23.8 Å². The van der Waals surface area contributed by atoms with E-state index in [1.54, 1.807) is 30.3 Å². The summed E-state index contributed by atoms with van der Waals surface area (Å²) in [6, 6.07) is 17.3. The molecule has 0 radical (unpaired) electrons. The Morgan fingerprint density at radius 1 is 0.943 bits per heavy atom. The monoisotopic (exact) mass is 496 g/mol. The van der Waals surface area contributed by atoms with Crippen LogP contribution in [-0.2, 0) is 21.4 Å². The summed E-state index contributed by atoms with van der Waals surface area (Å²) in [7, 11) is -4.02. The van der Waals surface area contributed by atoms with Crippen LogP contribution in [0.4, 0.5) is 0 Å². The SMILES string of the molecule is CCOc1ccc(CN(C2CCCCNC2=O)S(=O)(=O)c2cccc3ccccc23)cc1OCC. The van der Waals surface area contributed by atoms with E-state index in [4.69, 9.17) is 9.47 Å².